The first-order chi connectivity index (χ1) is 12.1. The minimum atomic E-state index is -0.834. The number of nitrogens with zero attached hydrogens (tertiary/aromatic N) is 2. The van der Waals surface area contributed by atoms with E-state index >= 15 is 0 Å². The van der Waals surface area contributed by atoms with E-state index in [0.717, 1.165) is 5.56 Å². The molecule has 132 valence electrons. The summed E-state index contributed by atoms with van der Waals surface area (Å²) in [6.07, 6.45) is 3.94. The lowest BCUT2D eigenvalue weighted by molar-refractivity contribution is -0.0543. The largest absolute Gasteiger partial charge is 0.450 e. The predicted octanol–water partition coefficient (Wildman–Crippen LogP) is 3.52. The quantitative estimate of drug-likeness (QED) is 0.615. The molecule has 0 radical (unpaired) electrons. The maximum atomic E-state index is 14.2. The molecule has 1 aliphatic rings. The standard InChI is InChI=1S/C19H21FN2O3/c1-3-19(9-11-24-12-10-19)25-18(23)16-17(20)21-13-22(16)14(2)15-7-5-4-6-8-15/h3-8,13-14H,1,9-12H2,2H3/t14-/m1/s1. The average Bonchev–Trinajstić information content (AvgIpc) is 3.04. The number of hydrogen-bond donors (Lipinski definition) is 0. The van der Waals surface area contributed by atoms with E-state index in [2.05, 4.69) is 11.6 Å². The first-order valence-electron chi connectivity index (χ1n) is 8.28. The Morgan fingerprint density at radius 3 is 2.72 bits per heavy atom. The van der Waals surface area contributed by atoms with E-state index < -0.39 is 17.5 Å². The van der Waals surface area contributed by atoms with E-state index in [1.165, 1.54) is 10.9 Å². The summed E-state index contributed by atoms with van der Waals surface area (Å²) < 4.78 is 26.7. The molecule has 1 aliphatic heterocycles. The van der Waals surface area contributed by atoms with Crippen molar-refractivity contribution in [1.82, 2.24) is 9.55 Å². The SMILES string of the molecule is C=CC1(OC(=O)c2c(F)ncn2[C@H](C)c2ccccc2)CCOCC1. The molecule has 0 unspecified atom stereocenters. The molecule has 1 saturated heterocycles. The zero-order valence-corrected chi connectivity index (χ0v) is 14.2. The van der Waals surface area contributed by atoms with Crippen molar-refractivity contribution >= 4 is 5.97 Å². The van der Waals surface area contributed by atoms with E-state index in [9.17, 15) is 9.18 Å². The Kier molecular flexibility index (Phi) is 4.99. The summed E-state index contributed by atoms with van der Waals surface area (Å²) in [5.41, 5.74) is -0.0603. The van der Waals surface area contributed by atoms with Crippen molar-refractivity contribution in [3.8, 4) is 0 Å². The van der Waals surface area contributed by atoms with E-state index in [-0.39, 0.29) is 11.7 Å². The highest BCUT2D eigenvalue weighted by atomic mass is 19.1. The summed E-state index contributed by atoms with van der Waals surface area (Å²) in [6.45, 7) is 6.60. The van der Waals surface area contributed by atoms with Crippen LogP contribution in [0, 0.1) is 5.95 Å². The van der Waals surface area contributed by atoms with Crippen molar-refractivity contribution in [2.75, 3.05) is 13.2 Å². The first-order valence-corrected chi connectivity index (χ1v) is 8.28. The third-order valence-electron chi connectivity index (χ3n) is 4.65. The van der Waals surface area contributed by atoms with Crippen molar-refractivity contribution in [1.29, 1.82) is 0 Å². The number of esters is 1. The highest BCUT2D eigenvalue weighted by Crippen LogP contribution is 2.29. The zero-order chi connectivity index (χ0) is 17.9. The Hall–Kier alpha value is -2.47. The molecule has 0 N–H and O–H groups in total. The molecule has 1 atom stereocenters. The van der Waals surface area contributed by atoms with Gasteiger partial charge in [-0.25, -0.2) is 9.78 Å². The molecule has 3 rings (SSSR count). The molecule has 0 spiro atoms. The number of carbonyl (C=O) groups excluding carboxylic acids is 1. The number of halogens is 1. The molecule has 1 aromatic heterocycles. The Morgan fingerprint density at radius 1 is 1.40 bits per heavy atom. The highest BCUT2D eigenvalue weighted by molar-refractivity contribution is 5.88. The minimum absolute atomic E-state index is 0.177. The van der Waals surface area contributed by atoms with Crippen molar-refractivity contribution in [2.45, 2.75) is 31.4 Å². The van der Waals surface area contributed by atoms with Gasteiger partial charge < -0.3 is 14.0 Å². The van der Waals surface area contributed by atoms with Crippen LogP contribution in [0.25, 0.3) is 0 Å². The van der Waals surface area contributed by atoms with Gasteiger partial charge in [0, 0.05) is 12.8 Å². The summed E-state index contributed by atoms with van der Waals surface area (Å²) in [7, 11) is 0. The van der Waals surface area contributed by atoms with Crippen LogP contribution >= 0.6 is 0 Å². The lowest BCUT2D eigenvalue weighted by atomic mass is 9.94. The van der Waals surface area contributed by atoms with Crippen LogP contribution in [0.4, 0.5) is 4.39 Å². The number of aromatic nitrogens is 2. The lowest BCUT2D eigenvalue weighted by Crippen LogP contribution is -2.39. The van der Waals surface area contributed by atoms with Crippen molar-refractivity contribution < 1.29 is 18.7 Å². The molecule has 1 fully saturated rings. The Labute approximate surface area is 146 Å². The normalized spacial score (nSPS) is 17.7. The number of hydrogen-bond acceptors (Lipinski definition) is 4. The maximum absolute atomic E-state index is 14.2. The fourth-order valence-electron chi connectivity index (χ4n) is 3.01. The molecule has 1 aromatic carbocycles. The topological polar surface area (TPSA) is 53.3 Å². The van der Waals surface area contributed by atoms with Crippen LogP contribution in [0.1, 0.15) is 41.9 Å². The summed E-state index contributed by atoms with van der Waals surface area (Å²) >= 11 is 0. The van der Waals surface area contributed by atoms with Crippen LogP contribution in [-0.2, 0) is 9.47 Å². The van der Waals surface area contributed by atoms with Crippen LogP contribution in [0.3, 0.4) is 0 Å². The average molecular weight is 344 g/mol. The molecule has 2 heterocycles. The monoisotopic (exact) mass is 344 g/mol. The number of ether oxygens (including phenoxy) is 2. The molecule has 6 heteroatoms. The summed E-state index contributed by atoms with van der Waals surface area (Å²) in [5.74, 6) is -1.57. The molecule has 0 saturated carbocycles. The lowest BCUT2D eigenvalue weighted by Gasteiger charge is -2.33. The summed E-state index contributed by atoms with van der Waals surface area (Å²) in [4.78, 5) is 16.4. The Balaban J connectivity index is 1.88. The molecule has 0 aliphatic carbocycles. The molecular formula is C19H21FN2O3. The number of rotatable bonds is 5. The van der Waals surface area contributed by atoms with Crippen LogP contribution in [0.2, 0.25) is 0 Å². The van der Waals surface area contributed by atoms with Crippen molar-refractivity contribution in [3.63, 3.8) is 0 Å². The molecule has 0 bridgehead atoms. The molecule has 25 heavy (non-hydrogen) atoms. The highest BCUT2D eigenvalue weighted by Gasteiger charge is 2.36. The summed E-state index contributed by atoms with van der Waals surface area (Å²) in [6, 6.07) is 9.27. The minimum Gasteiger partial charge on any atom is -0.450 e. The van der Waals surface area contributed by atoms with Gasteiger partial charge in [0.2, 0.25) is 5.95 Å². The Bertz CT molecular complexity index is 751. The second-order valence-electron chi connectivity index (χ2n) is 6.15. The van der Waals surface area contributed by atoms with Crippen LogP contribution in [0.5, 0.6) is 0 Å². The van der Waals surface area contributed by atoms with Crippen molar-refractivity contribution in [2.24, 2.45) is 0 Å². The van der Waals surface area contributed by atoms with E-state index in [0.29, 0.717) is 26.1 Å². The smallest absolute Gasteiger partial charge is 0.360 e. The van der Waals surface area contributed by atoms with Gasteiger partial charge in [-0.2, -0.15) is 4.39 Å². The number of carbonyl (C=O) groups is 1. The van der Waals surface area contributed by atoms with Gasteiger partial charge in [0.1, 0.15) is 5.60 Å². The van der Waals surface area contributed by atoms with Gasteiger partial charge in [0.15, 0.2) is 5.69 Å². The fraction of sp³-hybridized carbons (Fsp3) is 0.368. The van der Waals surface area contributed by atoms with Gasteiger partial charge in [0.25, 0.3) is 0 Å². The van der Waals surface area contributed by atoms with Gasteiger partial charge in [-0.3, -0.25) is 0 Å². The van der Waals surface area contributed by atoms with Gasteiger partial charge in [-0.15, -0.1) is 0 Å². The maximum Gasteiger partial charge on any atom is 0.360 e. The number of imidazole rings is 1. The van der Waals surface area contributed by atoms with Gasteiger partial charge in [0.05, 0.1) is 25.6 Å². The third kappa shape index (κ3) is 3.49. The van der Waals surface area contributed by atoms with E-state index in [4.69, 9.17) is 9.47 Å². The van der Waals surface area contributed by atoms with Crippen LogP contribution in [-0.4, -0.2) is 34.3 Å². The molecule has 2 aromatic rings. The fourth-order valence-corrected chi connectivity index (χ4v) is 3.01. The summed E-state index contributed by atoms with van der Waals surface area (Å²) in [5, 5.41) is 0. The second-order valence-corrected chi connectivity index (χ2v) is 6.15. The first kappa shape index (κ1) is 17.4. The van der Waals surface area contributed by atoms with E-state index in [1.807, 2.05) is 37.3 Å². The van der Waals surface area contributed by atoms with E-state index in [1.54, 1.807) is 6.08 Å². The zero-order valence-electron chi connectivity index (χ0n) is 14.2. The van der Waals surface area contributed by atoms with Crippen LogP contribution < -0.4 is 0 Å². The van der Waals surface area contributed by atoms with Gasteiger partial charge in [-0.05, 0) is 18.6 Å². The van der Waals surface area contributed by atoms with Gasteiger partial charge in [-0.1, -0.05) is 36.9 Å². The predicted molar refractivity (Wildman–Crippen MR) is 90.8 cm³/mol. The molecule has 5 nitrogen and oxygen atoms in total. The molecular weight excluding hydrogens is 323 g/mol. The van der Waals surface area contributed by atoms with Crippen molar-refractivity contribution in [3.05, 3.63) is 66.5 Å². The number of benzene rings is 1. The van der Waals surface area contributed by atoms with Crippen LogP contribution in [0.15, 0.2) is 49.3 Å². The molecule has 0 amide bonds. The second kappa shape index (κ2) is 7.19. The third-order valence-corrected chi connectivity index (χ3v) is 4.65. The van der Waals surface area contributed by atoms with Gasteiger partial charge >= 0.3 is 5.97 Å². The Morgan fingerprint density at radius 2 is 2.08 bits per heavy atom.